The van der Waals surface area contributed by atoms with Crippen LogP contribution in [0.1, 0.15) is 21.8 Å². The average Bonchev–Trinajstić information content (AvgIpc) is 3.55. The third-order valence-electron chi connectivity index (χ3n) is 4.87. The molecule has 0 aliphatic rings. The Kier molecular flexibility index (Phi) is 6.90. The van der Waals surface area contributed by atoms with Gasteiger partial charge in [0.1, 0.15) is 11.5 Å². The van der Waals surface area contributed by atoms with Gasteiger partial charge in [-0.2, -0.15) is 5.10 Å². The second-order valence-electron chi connectivity index (χ2n) is 7.35. The first-order valence-corrected chi connectivity index (χ1v) is 11.9. The van der Waals surface area contributed by atoms with E-state index in [1.54, 1.807) is 60.8 Å². The number of primary amides is 1. The first-order valence-electron chi connectivity index (χ1n) is 10.4. The number of furan rings is 1. The number of hydrogen-bond donors (Lipinski definition) is 3. The number of benzene rings is 2. The molecule has 178 valence electrons. The van der Waals surface area contributed by atoms with Crippen LogP contribution in [-0.4, -0.2) is 30.0 Å². The number of carbonyl (C=O) groups is 2. The summed E-state index contributed by atoms with van der Waals surface area (Å²) in [5.41, 5.74) is 7.28. The molecule has 0 saturated carbocycles. The van der Waals surface area contributed by atoms with Gasteiger partial charge in [0.25, 0.3) is 5.91 Å². The lowest BCUT2D eigenvalue weighted by molar-refractivity contribution is -0.111. The zero-order valence-corrected chi connectivity index (χ0v) is 19.1. The Labute approximate surface area is 201 Å². The van der Waals surface area contributed by atoms with Crippen LogP contribution >= 0.6 is 0 Å². The summed E-state index contributed by atoms with van der Waals surface area (Å²) in [7, 11) is -3.69. The number of hydrogen-bond acceptors (Lipinski definition) is 6. The number of rotatable bonds is 9. The fraction of sp³-hybridized carbons (Fsp3) is 0.0417. The van der Waals surface area contributed by atoms with E-state index in [0.717, 1.165) is 0 Å². The molecule has 35 heavy (non-hydrogen) atoms. The van der Waals surface area contributed by atoms with Gasteiger partial charge in [-0.05, 0) is 66.2 Å². The standard InChI is InChI=1S/C24H21N5O5S/c25-24(31)22-13-14-29(28-22)19-8-6-18(7-9-19)27-23(30)12-5-17-3-10-21(11-4-17)35(32,33)26-16-20-2-1-15-34-20/h1-15,26H,16H2,(H2,25,31)(H,27,30)/b12-5+. The van der Waals surface area contributed by atoms with Crippen molar-refractivity contribution in [2.24, 2.45) is 5.73 Å². The Morgan fingerprint density at radius 3 is 2.40 bits per heavy atom. The smallest absolute Gasteiger partial charge is 0.269 e. The van der Waals surface area contributed by atoms with E-state index >= 15 is 0 Å². The van der Waals surface area contributed by atoms with Gasteiger partial charge in [0, 0.05) is 18.0 Å². The van der Waals surface area contributed by atoms with Crippen LogP contribution in [0.3, 0.4) is 0 Å². The van der Waals surface area contributed by atoms with Crippen molar-refractivity contribution in [1.29, 1.82) is 0 Å². The topological polar surface area (TPSA) is 149 Å². The molecular formula is C24H21N5O5S. The molecule has 0 aliphatic heterocycles. The quantitative estimate of drug-likeness (QED) is 0.307. The van der Waals surface area contributed by atoms with Gasteiger partial charge in [-0.25, -0.2) is 17.8 Å². The lowest BCUT2D eigenvalue weighted by Gasteiger charge is -2.06. The number of amides is 2. The molecule has 11 heteroatoms. The Hall–Kier alpha value is -4.48. The van der Waals surface area contributed by atoms with Crippen molar-refractivity contribution in [2.75, 3.05) is 5.32 Å². The number of carbonyl (C=O) groups excluding carboxylic acids is 2. The predicted octanol–water partition coefficient (Wildman–Crippen LogP) is 2.69. The van der Waals surface area contributed by atoms with Gasteiger partial charge in [0.05, 0.1) is 23.4 Å². The van der Waals surface area contributed by atoms with Gasteiger partial charge < -0.3 is 15.5 Å². The van der Waals surface area contributed by atoms with Crippen molar-refractivity contribution in [3.8, 4) is 5.69 Å². The largest absolute Gasteiger partial charge is 0.468 e. The number of nitrogens with zero attached hydrogens (tertiary/aromatic N) is 2. The van der Waals surface area contributed by atoms with Crippen LogP contribution in [0.25, 0.3) is 11.8 Å². The second-order valence-corrected chi connectivity index (χ2v) is 9.12. The Morgan fingerprint density at radius 1 is 1.03 bits per heavy atom. The normalized spacial score (nSPS) is 11.5. The van der Waals surface area contributed by atoms with Crippen LogP contribution in [0.4, 0.5) is 5.69 Å². The van der Waals surface area contributed by atoms with E-state index in [2.05, 4.69) is 15.1 Å². The zero-order chi connectivity index (χ0) is 24.8. The highest BCUT2D eigenvalue weighted by atomic mass is 32.2. The lowest BCUT2D eigenvalue weighted by Crippen LogP contribution is -2.22. The summed E-state index contributed by atoms with van der Waals surface area (Å²) in [5, 5.41) is 6.81. The number of nitrogens with one attached hydrogen (secondary N) is 2. The maximum atomic E-state index is 12.4. The molecule has 10 nitrogen and oxygen atoms in total. The van der Waals surface area contributed by atoms with Crippen LogP contribution in [0.15, 0.2) is 94.6 Å². The minimum Gasteiger partial charge on any atom is -0.468 e. The van der Waals surface area contributed by atoms with Crippen LogP contribution < -0.4 is 15.8 Å². The highest BCUT2D eigenvalue weighted by Crippen LogP contribution is 2.15. The molecule has 2 amide bonds. The highest BCUT2D eigenvalue weighted by molar-refractivity contribution is 7.89. The van der Waals surface area contributed by atoms with E-state index in [1.165, 1.54) is 35.2 Å². The SMILES string of the molecule is NC(=O)c1ccn(-c2ccc(NC(=O)/C=C/c3ccc(S(=O)(=O)NCc4ccco4)cc3)cc2)n1. The summed E-state index contributed by atoms with van der Waals surface area (Å²) in [5.74, 6) is -0.463. The molecule has 0 saturated heterocycles. The monoisotopic (exact) mass is 491 g/mol. The first-order chi connectivity index (χ1) is 16.8. The molecular weight excluding hydrogens is 470 g/mol. The molecule has 0 atom stereocenters. The Morgan fingerprint density at radius 2 is 1.77 bits per heavy atom. The molecule has 0 unspecified atom stereocenters. The molecule has 4 rings (SSSR count). The van der Waals surface area contributed by atoms with Gasteiger partial charge in [0.15, 0.2) is 0 Å². The summed E-state index contributed by atoms with van der Waals surface area (Å²) >= 11 is 0. The summed E-state index contributed by atoms with van der Waals surface area (Å²) < 4.78 is 33.9. The molecule has 2 heterocycles. The van der Waals surface area contributed by atoms with Gasteiger partial charge in [-0.1, -0.05) is 12.1 Å². The first kappa shape index (κ1) is 23.7. The summed E-state index contributed by atoms with van der Waals surface area (Å²) in [6.45, 7) is 0.0501. The molecule has 0 aliphatic carbocycles. The van der Waals surface area contributed by atoms with Gasteiger partial charge in [-0.15, -0.1) is 0 Å². The molecule has 4 N–H and O–H groups in total. The van der Waals surface area contributed by atoms with E-state index < -0.39 is 15.9 Å². The minimum absolute atomic E-state index is 0.0501. The number of anilines is 1. The van der Waals surface area contributed by atoms with E-state index in [0.29, 0.717) is 22.7 Å². The molecule has 2 aromatic heterocycles. The van der Waals surface area contributed by atoms with E-state index in [1.807, 2.05) is 0 Å². The summed E-state index contributed by atoms with van der Waals surface area (Å²) in [6.07, 6.45) is 6.01. The van der Waals surface area contributed by atoms with Crippen molar-refractivity contribution in [2.45, 2.75) is 11.4 Å². The van der Waals surface area contributed by atoms with Gasteiger partial charge >= 0.3 is 0 Å². The molecule has 0 bridgehead atoms. The molecule has 0 spiro atoms. The fourth-order valence-corrected chi connectivity index (χ4v) is 4.07. The van der Waals surface area contributed by atoms with Crippen molar-refractivity contribution in [1.82, 2.24) is 14.5 Å². The van der Waals surface area contributed by atoms with E-state index in [9.17, 15) is 18.0 Å². The molecule has 2 aromatic carbocycles. The average molecular weight is 492 g/mol. The fourth-order valence-electron chi connectivity index (χ4n) is 3.07. The maximum Gasteiger partial charge on any atom is 0.269 e. The molecule has 0 fully saturated rings. The molecule has 4 aromatic rings. The Balaban J connectivity index is 1.33. The van der Waals surface area contributed by atoms with Crippen LogP contribution in [-0.2, 0) is 21.4 Å². The summed E-state index contributed by atoms with van der Waals surface area (Å²) in [4.78, 5) is 23.5. The zero-order valence-electron chi connectivity index (χ0n) is 18.3. The van der Waals surface area contributed by atoms with Crippen molar-refractivity contribution >= 4 is 33.6 Å². The van der Waals surface area contributed by atoms with Crippen molar-refractivity contribution < 1.29 is 22.4 Å². The van der Waals surface area contributed by atoms with Gasteiger partial charge in [0.2, 0.25) is 15.9 Å². The van der Waals surface area contributed by atoms with Crippen molar-refractivity contribution in [3.63, 3.8) is 0 Å². The maximum absolute atomic E-state index is 12.4. The highest BCUT2D eigenvalue weighted by Gasteiger charge is 2.14. The van der Waals surface area contributed by atoms with Crippen LogP contribution in [0.5, 0.6) is 0 Å². The minimum atomic E-state index is -3.69. The Bertz CT molecular complexity index is 1460. The van der Waals surface area contributed by atoms with Crippen LogP contribution in [0.2, 0.25) is 0 Å². The third kappa shape index (κ3) is 6.10. The lowest BCUT2D eigenvalue weighted by atomic mass is 10.2. The number of nitrogens with two attached hydrogens (primary N) is 1. The van der Waals surface area contributed by atoms with E-state index in [-0.39, 0.29) is 23.0 Å². The second kappa shape index (κ2) is 10.2. The predicted molar refractivity (Wildman–Crippen MR) is 129 cm³/mol. The van der Waals surface area contributed by atoms with Gasteiger partial charge in [-0.3, -0.25) is 9.59 Å². The third-order valence-corrected chi connectivity index (χ3v) is 6.29. The number of sulfonamides is 1. The van der Waals surface area contributed by atoms with E-state index in [4.69, 9.17) is 10.2 Å². The summed E-state index contributed by atoms with van der Waals surface area (Å²) in [6, 6.07) is 17.8. The number of aromatic nitrogens is 2. The van der Waals surface area contributed by atoms with Crippen LogP contribution in [0, 0.1) is 0 Å². The molecule has 0 radical (unpaired) electrons. The van der Waals surface area contributed by atoms with Crippen molar-refractivity contribution in [3.05, 3.63) is 102 Å².